The number of amides is 1. The molecule has 0 aromatic heterocycles. The maximum atomic E-state index is 10.3. The number of rotatable bonds is 7. The summed E-state index contributed by atoms with van der Waals surface area (Å²) in [4.78, 5) is 10.3. The van der Waals surface area contributed by atoms with Gasteiger partial charge in [0.15, 0.2) is 11.5 Å². The van der Waals surface area contributed by atoms with E-state index in [1.54, 1.807) is 12.1 Å². The molecule has 0 radical (unpaired) electrons. The third kappa shape index (κ3) is 3.52. The first kappa shape index (κ1) is 13.1. The zero-order valence-electron chi connectivity index (χ0n) is 9.90. The maximum absolute atomic E-state index is 10.3. The second-order valence-corrected chi connectivity index (χ2v) is 3.53. The van der Waals surface area contributed by atoms with Crippen LogP contribution in [0.1, 0.15) is 18.1 Å². The van der Waals surface area contributed by atoms with Crippen LogP contribution < -0.4 is 10.1 Å². The first-order valence-electron chi connectivity index (χ1n) is 5.48. The summed E-state index contributed by atoms with van der Waals surface area (Å²) in [6.45, 7) is 6.38. The molecule has 0 spiro atoms. The average molecular weight is 235 g/mol. The van der Waals surface area contributed by atoms with Gasteiger partial charge in [-0.15, -0.1) is 6.58 Å². The van der Waals surface area contributed by atoms with Crippen molar-refractivity contribution in [1.82, 2.24) is 5.32 Å². The van der Waals surface area contributed by atoms with Gasteiger partial charge in [0.1, 0.15) is 0 Å². The molecular weight excluding hydrogens is 218 g/mol. The predicted molar refractivity (Wildman–Crippen MR) is 66.1 cm³/mol. The van der Waals surface area contributed by atoms with Crippen molar-refractivity contribution in [2.24, 2.45) is 0 Å². The van der Waals surface area contributed by atoms with Crippen LogP contribution in [0.4, 0.5) is 0 Å². The van der Waals surface area contributed by atoms with Crippen LogP contribution in [-0.4, -0.2) is 18.1 Å². The second kappa shape index (κ2) is 6.58. The summed E-state index contributed by atoms with van der Waals surface area (Å²) in [5.74, 6) is 0.580. The van der Waals surface area contributed by atoms with Gasteiger partial charge in [0.2, 0.25) is 6.41 Å². The molecule has 0 aliphatic carbocycles. The zero-order valence-corrected chi connectivity index (χ0v) is 9.90. The molecule has 17 heavy (non-hydrogen) atoms. The largest absolute Gasteiger partial charge is 0.504 e. The lowest BCUT2D eigenvalue weighted by atomic mass is 10.1. The number of carbonyl (C=O) groups excluding carboxylic acids is 1. The van der Waals surface area contributed by atoms with Crippen molar-refractivity contribution in [1.29, 1.82) is 0 Å². The fraction of sp³-hybridized carbons (Fsp3) is 0.308. The van der Waals surface area contributed by atoms with E-state index in [0.717, 1.165) is 11.1 Å². The van der Waals surface area contributed by atoms with E-state index >= 15 is 0 Å². The topological polar surface area (TPSA) is 58.6 Å². The lowest BCUT2D eigenvalue weighted by Gasteiger charge is -2.12. The highest BCUT2D eigenvalue weighted by atomic mass is 16.5. The highest BCUT2D eigenvalue weighted by molar-refractivity contribution is 5.51. The molecule has 0 atom stereocenters. The van der Waals surface area contributed by atoms with E-state index in [9.17, 15) is 9.90 Å². The molecule has 4 heteroatoms. The summed E-state index contributed by atoms with van der Waals surface area (Å²) in [5.41, 5.74) is 1.63. The number of allylic oxidation sites excluding steroid dienone is 1. The summed E-state index contributed by atoms with van der Waals surface area (Å²) in [6.07, 6.45) is 2.91. The molecule has 1 rings (SSSR count). The van der Waals surface area contributed by atoms with Crippen molar-refractivity contribution in [3.05, 3.63) is 35.9 Å². The van der Waals surface area contributed by atoms with Gasteiger partial charge in [0.05, 0.1) is 6.61 Å². The third-order valence-electron chi connectivity index (χ3n) is 2.27. The normalized spacial score (nSPS) is 9.71. The highest BCUT2D eigenvalue weighted by Crippen LogP contribution is 2.32. The standard InChI is InChI=1S/C13H17NO3/c1-3-5-11-6-10(8-14-9-15)7-12(13(11)16)17-4-2/h3,6-7,9,16H,1,4-5,8H2,2H3,(H,14,15). The first-order valence-corrected chi connectivity index (χ1v) is 5.48. The van der Waals surface area contributed by atoms with Crippen molar-refractivity contribution in [3.8, 4) is 11.5 Å². The molecule has 1 amide bonds. The third-order valence-corrected chi connectivity index (χ3v) is 2.27. The van der Waals surface area contributed by atoms with E-state index in [1.165, 1.54) is 0 Å². The van der Waals surface area contributed by atoms with Crippen LogP contribution in [-0.2, 0) is 17.8 Å². The highest BCUT2D eigenvalue weighted by Gasteiger charge is 2.09. The Morgan fingerprint density at radius 1 is 1.53 bits per heavy atom. The van der Waals surface area contributed by atoms with Crippen LogP contribution in [0.25, 0.3) is 0 Å². The van der Waals surface area contributed by atoms with Gasteiger partial charge in [0, 0.05) is 12.1 Å². The Hall–Kier alpha value is -1.97. The quantitative estimate of drug-likeness (QED) is 0.559. The smallest absolute Gasteiger partial charge is 0.207 e. The average Bonchev–Trinajstić information content (AvgIpc) is 2.32. The number of ether oxygens (including phenoxy) is 1. The van der Waals surface area contributed by atoms with Crippen LogP contribution in [0.2, 0.25) is 0 Å². The van der Waals surface area contributed by atoms with Gasteiger partial charge in [-0.2, -0.15) is 0 Å². The Morgan fingerprint density at radius 3 is 2.88 bits per heavy atom. The van der Waals surface area contributed by atoms with Crippen LogP contribution in [0, 0.1) is 0 Å². The summed E-state index contributed by atoms with van der Waals surface area (Å²) < 4.78 is 5.34. The molecule has 0 unspecified atom stereocenters. The fourth-order valence-electron chi connectivity index (χ4n) is 1.57. The minimum absolute atomic E-state index is 0.140. The molecule has 0 saturated carbocycles. The summed E-state index contributed by atoms with van der Waals surface area (Å²) in [5, 5.41) is 12.5. The van der Waals surface area contributed by atoms with E-state index < -0.39 is 0 Å². The molecule has 0 heterocycles. The Balaban J connectivity index is 3.05. The fourth-order valence-corrected chi connectivity index (χ4v) is 1.57. The van der Waals surface area contributed by atoms with E-state index in [4.69, 9.17) is 4.74 Å². The molecule has 1 aromatic rings. The zero-order chi connectivity index (χ0) is 12.7. The monoisotopic (exact) mass is 235 g/mol. The van der Waals surface area contributed by atoms with Crippen LogP contribution >= 0.6 is 0 Å². The molecule has 0 aliphatic heterocycles. The number of nitrogens with one attached hydrogen (secondary N) is 1. The number of phenolic OH excluding ortho intramolecular Hbond substituents is 1. The summed E-state index contributed by atoms with van der Waals surface area (Å²) >= 11 is 0. The van der Waals surface area contributed by atoms with E-state index in [2.05, 4.69) is 11.9 Å². The van der Waals surface area contributed by atoms with Gasteiger partial charge < -0.3 is 15.2 Å². The molecule has 0 aliphatic rings. The lowest BCUT2D eigenvalue weighted by Crippen LogP contribution is -2.10. The van der Waals surface area contributed by atoms with Crippen molar-refractivity contribution in [2.75, 3.05) is 6.61 Å². The summed E-state index contributed by atoms with van der Waals surface area (Å²) in [7, 11) is 0. The number of aromatic hydroxyl groups is 1. The predicted octanol–water partition coefficient (Wildman–Crippen LogP) is 1.77. The molecule has 0 fully saturated rings. The lowest BCUT2D eigenvalue weighted by molar-refractivity contribution is -0.109. The van der Waals surface area contributed by atoms with Gasteiger partial charge >= 0.3 is 0 Å². The maximum Gasteiger partial charge on any atom is 0.207 e. The molecular formula is C13H17NO3. The molecule has 0 saturated heterocycles. The van der Waals surface area contributed by atoms with Crippen molar-refractivity contribution >= 4 is 6.41 Å². The van der Waals surface area contributed by atoms with Gasteiger partial charge in [-0.3, -0.25) is 4.79 Å². The molecule has 1 aromatic carbocycles. The van der Waals surface area contributed by atoms with Crippen molar-refractivity contribution in [2.45, 2.75) is 19.9 Å². The Morgan fingerprint density at radius 2 is 2.29 bits per heavy atom. The molecule has 4 nitrogen and oxygen atoms in total. The number of hydrogen-bond acceptors (Lipinski definition) is 3. The number of carbonyl (C=O) groups is 1. The van der Waals surface area contributed by atoms with Crippen LogP contribution in [0.5, 0.6) is 11.5 Å². The minimum Gasteiger partial charge on any atom is -0.504 e. The van der Waals surface area contributed by atoms with Gasteiger partial charge in [-0.1, -0.05) is 6.08 Å². The molecule has 92 valence electrons. The van der Waals surface area contributed by atoms with Crippen LogP contribution in [0.15, 0.2) is 24.8 Å². The Bertz CT molecular complexity index is 402. The summed E-state index contributed by atoms with van der Waals surface area (Å²) in [6, 6.07) is 3.55. The van der Waals surface area contributed by atoms with E-state index in [1.807, 2.05) is 13.0 Å². The van der Waals surface area contributed by atoms with Gasteiger partial charge in [0.25, 0.3) is 0 Å². The minimum atomic E-state index is 0.140. The SMILES string of the molecule is C=CCc1cc(CNC=O)cc(OCC)c1O. The van der Waals surface area contributed by atoms with E-state index in [-0.39, 0.29) is 5.75 Å². The Labute approximate surface area is 101 Å². The first-order chi connectivity index (χ1) is 8.22. The number of hydrogen-bond donors (Lipinski definition) is 2. The molecule has 0 bridgehead atoms. The number of benzene rings is 1. The van der Waals surface area contributed by atoms with Crippen molar-refractivity contribution < 1.29 is 14.6 Å². The van der Waals surface area contributed by atoms with Gasteiger partial charge in [-0.25, -0.2) is 0 Å². The Kier molecular flexibility index (Phi) is 5.07. The molecule has 2 N–H and O–H groups in total. The number of phenols is 1. The van der Waals surface area contributed by atoms with E-state index in [0.29, 0.717) is 31.7 Å². The second-order valence-electron chi connectivity index (χ2n) is 3.53. The van der Waals surface area contributed by atoms with Gasteiger partial charge in [-0.05, 0) is 31.0 Å². The van der Waals surface area contributed by atoms with Crippen LogP contribution in [0.3, 0.4) is 0 Å². The van der Waals surface area contributed by atoms with Crippen molar-refractivity contribution in [3.63, 3.8) is 0 Å².